The average Bonchev–Trinajstić information content (AvgIpc) is 3.59. The minimum absolute atomic E-state index is 0.187. The van der Waals surface area contributed by atoms with Gasteiger partial charge in [0.2, 0.25) is 0 Å². The van der Waals surface area contributed by atoms with Crippen molar-refractivity contribution in [3.8, 4) is 11.3 Å². The molecule has 0 saturated heterocycles. The number of rotatable bonds is 6. The summed E-state index contributed by atoms with van der Waals surface area (Å²) in [5, 5.41) is 14.1. The molecule has 4 heteroatoms. The van der Waals surface area contributed by atoms with Gasteiger partial charge in [0.15, 0.2) is 0 Å². The van der Waals surface area contributed by atoms with Crippen LogP contribution in [0.1, 0.15) is 73.7 Å². The first-order valence-electron chi connectivity index (χ1n) is 10.0. The minimum atomic E-state index is -0.270. The maximum atomic E-state index is 9.65. The molecule has 1 radical (unpaired) electrons. The van der Waals surface area contributed by atoms with Gasteiger partial charge in [-0.1, -0.05) is 29.4 Å². The van der Waals surface area contributed by atoms with Crippen molar-refractivity contribution in [2.45, 2.75) is 75.6 Å². The van der Waals surface area contributed by atoms with E-state index in [1.54, 1.807) is 0 Å². The van der Waals surface area contributed by atoms with Gasteiger partial charge in [-0.05, 0) is 62.8 Å². The zero-order valence-electron chi connectivity index (χ0n) is 15.1. The van der Waals surface area contributed by atoms with Gasteiger partial charge in [-0.15, -0.1) is 0 Å². The lowest BCUT2D eigenvalue weighted by Gasteiger charge is -2.25. The summed E-state index contributed by atoms with van der Waals surface area (Å²) in [6, 6.07) is 8.63. The van der Waals surface area contributed by atoms with Crippen LogP contribution in [0.25, 0.3) is 11.3 Å². The van der Waals surface area contributed by atoms with E-state index in [9.17, 15) is 5.11 Å². The fourth-order valence-corrected chi connectivity index (χ4v) is 4.06. The van der Waals surface area contributed by atoms with Crippen LogP contribution in [0.3, 0.4) is 0 Å². The molecular weight excluding hydrogens is 326 g/mol. The summed E-state index contributed by atoms with van der Waals surface area (Å²) in [7, 11) is 0. The van der Waals surface area contributed by atoms with E-state index >= 15 is 0 Å². The van der Waals surface area contributed by atoms with Crippen molar-refractivity contribution in [1.29, 1.82) is 0 Å². The molecule has 2 atom stereocenters. The van der Waals surface area contributed by atoms with Crippen LogP contribution in [0, 0.1) is 6.42 Å². The van der Waals surface area contributed by atoms with Crippen LogP contribution in [0.2, 0.25) is 0 Å². The summed E-state index contributed by atoms with van der Waals surface area (Å²) in [6.07, 6.45) is 9.33. The van der Waals surface area contributed by atoms with Gasteiger partial charge in [-0.2, -0.15) is 0 Å². The van der Waals surface area contributed by atoms with Crippen molar-refractivity contribution in [2.24, 2.45) is 0 Å². The Balaban J connectivity index is 1.42. The zero-order valence-corrected chi connectivity index (χ0v) is 15.1. The smallest absolute Gasteiger partial charge is 0.145 e. The zero-order chi connectivity index (χ0) is 17.5. The highest BCUT2D eigenvalue weighted by molar-refractivity contribution is 5.68. The number of hydrogen-bond donors (Lipinski definition) is 1. The molecule has 3 fully saturated rings. The van der Waals surface area contributed by atoms with Crippen LogP contribution >= 0.6 is 0 Å². The molecule has 0 aliphatic heterocycles. The van der Waals surface area contributed by atoms with Gasteiger partial charge >= 0.3 is 0 Å². The van der Waals surface area contributed by atoms with E-state index in [-0.39, 0.29) is 12.2 Å². The van der Waals surface area contributed by atoms with Crippen LogP contribution in [0.4, 0.5) is 0 Å². The molecule has 0 amide bonds. The second-order valence-electron chi connectivity index (χ2n) is 8.06. The number of aliphatic hydroxyl groups excluding tert-OH is 1. The highest BCUT2D eigenvalue weighted by atomic mass is 16.5. The van der Waals surface area contributed by atoms with Gasteiger partial charge in [0, 0.05) is 17.0 Å². The molecule has 0 spiro atoms. The molecule has 3 aliphatic carbocycles. The Hall–Kier alpha value is -1.65. The molecule has 3 saturated carbocycles. The summed E-state index contributed by atoms with van der Waals surface area (Å²) >= 11 is 0. The molecule has 0 unspecified atom stereocenters. The van der Waals surface area contributed by atoms with Crippen molar-refractivity contribution in [2.75, 3.05) is 0 Å². The first-order valence-corrected chi connectivity index (χ1v) is 10.0. The average molecular weight is 352 g/mol. The third-order valence-corrected chi connectivity index (χ3v) is 5.92. The quantitative estimate of drug-likeness (QED) is 0.816. The normalized spacial score (nSPS) is 26.2. The van der Waals surface area contributed by atoms with Gasteiger partial charge < -0.3 is 14.4 Å². The van der Waals surface area contributed by atoms with Crippen molar-refractivity contribution in [3.63, 3.8) is 0 Å². The van der Waals surface area contributed by atoms with E-state index in [0.29, 0.717) is 18.4 Å². The first-order chi connectivity index (χ1) is 12.8. The fourth-order valence-electron chi connectivity index (χ4n) is 4.06. The fraction of sp³-hybridized carbons (Fsp3) is 0.545. The predicted molar refractivity (Wildman–Crippen MR) is 98.6 cm³/mol. The van der Waals surface area contributed by atoms with Gasteiger partial charge in [0.1, 0.15) is 11.5 Å². The van der Waals surface area contributed by atoms with Crippen molar-refractivity contribution in [3.05, 3.63) is 47.6 Å². The van der Waals surface area contributed by atoms with Crippen LogP contribution in [-0.2, 0) is 11.3 Å². The van der Waals surface area contributed by atoms with Crippen LogP contribution in [-0.4, -0.2) is 22.5 Å². The molecule has 0 bridgehead atoms. The monoisotopic (exact) mass is 352 g/mol. The van der Waals surface area contributed by atoms with Crippen molar-refractivity contribution in [1.82, 2.24) is 5.16 Å². The predicted octanol–water partition coefficient (Wildman–Crippen LogP) is 4.73. The van der Waals surface area contributed by atoms with E-state index in [0.717, 1.165) is 36.3 Å². The Kier molecular flexibility index (Phi) is 4.33. The molecule has 26 heavy (non-hydrogen) atoms. The minimum Gasteiger partial charge on any atom is -0.393 e. The molecule has 1 aromatic heterocycles. The third kappa shape index (κ3) is 3.33. The Morgan fingerprint density at radius 3 is 2.58 bits per heavy atom. The van der Waals surface area contributed by atoms with Gasteiger partial charge in [-0.3, -0.25) is 0 Å². The number of aliphatic hydroxyl groups is 1. The molecule has 1 N–H and O–H groups in total. The topological polar surface area (TPSA) is 55.5 Å². The molecule has 137 valence electrons. The lowest BCUT2D eigenvalue weighted by molar-refractivity contribution is 0.00676. The molecule has 3 aliphatic rings. The second kappa shape index (κ2) is 6.82. The maximum Gasteiger partial charge on any atom is 0.145 e. The Bertz CT molecular complexity index is 767. The summed E-state index contributed by atoms with van der Waals surface area (Å²) in [4.78, 5) is 0. The van der Waals surface area contributed by atoms with Crippen LogP contribution < -0.4 is 0 Å². The summed E-state index contributed by atoms with van der Waals surface area (Å²) in [6.45, 7) is 0.554. The number of ether oxygens (including phenoxy) is 1. The Morgan fingerprint density at radius 2 is 1.85 bits per heavy atom. The van der Waals surface area contributed by atoms with Gasteiger partial charge in [0.25, 0.3) is 0 Å². The molecule has 2 aromatic rings. The molecule has 4 nitrogen and oxygen atoms in total. The Morgan fingerprint density at radius 1 is 1.04 bits per heavy atom. The first kappa shape index (κ1) is 16.5. The largest absolute Gasteiger partial charge is 0.393 e. The van der Waals surface area contributed by atoms with Gasteiger partial charge in [0.05, 0.1) is 18.8 Å². The number of hydrogen-bond acceptors (Lipinski definition) is 4. The van der Waals surface area contributed by atoms with Crippen LogP contribution in [0.5, 0.6) is 0 Å². The highest BCUT2D eigenvalue weighted by Gasteiger charge is 2.35. The number of benzene rings is 1. The highest BCUT2D eigenvalue weighted by Crippen LogP contribution is 2.48. The summed E-state index contributed by atoms with van der Waals surface area (Å²) in [5.74, 6) is 2.23. The van der Waals surface area contributed by atoms with E-state index < -0.39 is 0 Å². The SMILES string of the molecule is O[C@H]1[CH]C[C@H](OCc2c(-c3ccccc3C3CC3)noc2C2CC2)CC1. The van der Waals surface area contributed by atoms with E-state index in [1.807, 2.05) is 6.42 Å². The second-order valence-corrected chi connectivity index (χ2v) is 8.06. The van der Waals surface area contributed by atoms with E-state index in [4.69, 9.17) is 9.26 Å². The molecule has 5 rings (SSSR count). The Labute approximate surface area is 154 Å². The summed E-state index contributed by atoms with van der Waals surface area (Å²) in [5.41, 5.74) is 4.74. The lowest BCUT2D eigenvalue weighted by Crippen LogP contribution is -2.24. The van der Waals surface area contributed by atoms with Crippen molar-refractivity contribution < 1.29 is 14.4 Å². The third-order valence-electron chi connectivity index (χ3n) is 5.92. The number of nitrogens with zero attached hydrogens (tertiary/aromatic N) is 1. The summed E-state index contributed by atoms with van der Waals surface area (Å²) < 4.78 is 12.0. The number of aromatic nitrogens is 1. The lowest BCUT2D eigenvalue weighted by atomic mass is 9.95. The van der Waals surface area contributed by atoms with E-state index in [1.165, 1.54) is 36.8 Å². The molecular formula is C22H26NO3. The molecule has 1 heterocycles. The van der Waals surface area contributed by atoms with Gasteiger partial charge in [-0.25, -0.2) is 0 Å². The van der Waals surface area contributed by atoms with Crippen molar-refractivity contribution >= 4 is 0 Å². The van der Waals surface area contributed by atoms with E-state index in [2.05, 4.69) is 29.4 Å². The maximum absolute atomic E-state index is 9.65. The standard InChI is InChI=1S/C22H26NO3/c24-16-9-11-17(12-10-16)25-13-20-21(23-26-22(20)15-7-8-15)19-4-2-1-3-18(19)14-5-6-14/h1-4,9,14-17,24H,5-8,10-13H2/t16-,17-/m0/s1. The van der Waals surface area contributed by atoms with Crippen LogP contribution in [0.15, 0.2) is 28.8 Å². The molecule has 1 aromatic carbocycles.